The van der Waals surface area contributed by atoms with Crippen molar-refractivity contribution in [1.29, 1.82) is 0 Å². The van der Waals surface area contributed by atoms with E-state index >= 15 is 0 Å². The Hall–Kier alpha value is -0.298. The molecular weight excluding hydrogens is 314 g/mol. The van der Waals surface area contributed by atoms with Crippen LogP contribution in [0.15, 0.2) is 24.3 Å². The maximum atomic E-state index is 10.2. The summed E-state index contributed by atoms with van der Waals surface area (Å²) < 4.78 is 0. The van der Waals surface area contributed by atoms with Crippen molar-refractivity contribution in [1.82, 2.24) is 0 Å². The summed E-state index contributed by atoms with van der Waals surface area (Å²) in [7, 11) is 0. The quantitative estimate of drug-likeness (QED) is 0.465. The minimum atomic E-state index is 0. The van der Waals surface area contributed by atoms with Crippen LogP contribution in [0.5, 0.6) is 0 Å². The molecule has 0 aromatic heterocycles. The van der Waals surface area contributed by atoms with Crippen LogP contribution in [0.1, 0.15) is 15.9 Å². The molecular formula is C8H5BrO2Pd-. The first kappa shape index (κ1) is 14.2. The first-order valence-electron chi connectivity index (χ1n) is 2.81. The monoisotopic (exact) mass is 318 g/mol. The van der Waals surface area contributed by atoms with Crippen molar-refractivity contribution in [3.05, 3.63) is 35.4 Å². The number of benzene rings is 1. The van der Waals surface area contributed by atoms with E-state index in [1.54, 1.807) is 30.6 Å². The Kier molecular flexibility index (Phi) is 8.73. The molecule has 0 aliphatic rings. The van der Waals surface area contributed by atoms with Gasteiger partial charge in [0.05, 0.1) is 0 Å². The molecule has 0 saturated heterocycles. The summed E-state index contributed by atoms with van der Waals surface area (Å²) in [5.74, 6) is 0. The molecule has 0 aliphatic heterocycles. The van der Waals surface area contributed by atoms with Crippen LogP contribution in [0.25, 0.3) is 0 Å². The number of hydrogen-bond donors (Lipinski definition) is 0. The van der Waals surface area contributed by atoms with Crippen molar-refractivity contribution in [3.8, 4) is 0 Å². The summed E-state index contributed by atoms with van der Waals surface area (Å²) >= 11 is 0. The number of rotatable bonds is 2. The topological polar surface area (TPSA) is 34.1 Å². The van der Waals surface area contributed by atoms with E-state index in [2.05, 4.69) is 0 Å². The molecule has 0 spiro atoms. The van der Waals surface area contributed by atoms with Gasteiger partial charge in [-0.3, -0.25) is 9.59 Å². The first-order valence-corrected chi connectivity index (χ1v) is 2.81. The van der Waals surface area contributed by atoms with E-state index in [0.717, 1.165) is 0 Å². The van der Waals surface area contributed by atoms with Gasteiger partial charge in [-0.25, -0.2) is 0 Å². The Morgan fingerprint density at radius 1 is 1.25 bits per heavy atom. The van der Waals surface area contributed by atoms with Gasteiger partial charge in [-0.15, -0.1) is 0 Å². The molecule has 0 bridgehead atoms. The summed E-state index contributed by atoms with van der Waals surface area (Å²) in [6.45, 7) is 0. The number of carbonyl (C=O) groups excluding carboxylic acids is 2. The van der Waals surface area contributed by atoms with Crippen molar-refractivity contribution in [2.24, 2.45) is 0 Å². The summed E-state index contributed by atoms with van der Waals surface area (Å²) in [4.78, 5) is 20.3. The summed E-state index contributed by atoms with van der Waals surface area (Å²) in [5, 5.41) is 0. The van der Waals surface area contributed by atoms with Gasteiger partial charge >= 0.3 is 0 Å². The van der Waals surface area contributed by atoms with E-state index < -0.39 is 0 Å². The van der Waals surface area contributed by atoms with Crippen molar-refractivity contribution in [3.63, 3.8) is 0 Å². The Balaban J connectivity index is 0. The SMILES string of the molecule is O=[C]c1ccccc1C=O.[Br-].[Pd]. The predicted molar refractivity (Wildman–Crippen MR) is 36.6 cm³/mol. The zero-order valence-electron chi connectivity index (χ0n) is 5.90. The van der Waals surface area contributed by atoms with Crippen molar-refractivity contribution in [2.75, 3.05) is 0 Å². The van der Waals surface area contributed by atoms with Crippen LogP contribution in [0.2, 0.25) is 0 Å². The van der Waals surface area contributed by atoms with Crippen LogP contribution in [0.3, 0.4) is 0 Å². The largest absolute Gasteiger partial charge is 1.00 e. The fraction of sp³-hybridized carbons (Fsp3) is 0. The fourth-order valence-corrected chi connectivity index (χ4v) is 0.693. The second kappa shape index (κ2) is 7.36. The third kappa shape index (κ3) is 3.40. The Bertz CT molecular complexity index is 236. The molecule has 0 aliphatic carbocycles. The second-order valence-electron chi connectivity index (χ2n) is 1.81. The molecule has 4 heteroatoms. The van der Waals surface area contributed by atoms with Crippen LogP contribution >= 0.6 is 0 Å². The number of aldehydes is 1. The smallest absolute Gasteiger partial charge is 0.234 e. The average Bonchev–Trinajstić information content (AvgIpc) is 2.04. The van der Waals surface area contributed by atoms with Gasteiger partial charge in [0.2, 0.25) is 6.29 Å². The zero-order valence-corrected chi connectivity index (χ0v) is 9.04. The molecule has 0 N–H and O–H groups in total. The third-order valence-corrected chi connectivity index (χ3v) is 1.20. The van der Waals surface area contributed by atoms with Gasteiger partial charge in [-0.1, -0.05) is 24.3 Å². The zero-order chi connectivity index (χ0) is 7.40. The maximum Gasteiger partial charge on any atom is 0.234 e. The fourth-order valence-electron chi connectivity index (χ4n) is 0.693. The molecule has 2 nitrogen and oxygen atoms in total. The molecule has 0 fully saturated rings. The van der Waals surface area contributed by atoms with Gasteiger partial charge in [0, 0.05) is 31.5 Å². The molecule has 0 atom stereocenters. The molecule has 0 heterocycles. The van der Waals surface area contributed by atoms with E-state index in [-0.39, 0.29) is 37.4 Å². The Labute approximate surface area is 94.8 Å². The molecule has 0 saturated carbocycles. The van der Waals surface area contributed by atoms with Crippen LogP contribution in [0, 0.1) is 0 Å². The second-order valence-corrected chi connectivity index (χ2v) is 1.81. The van der Waals surface area contributed by atoms with Crippen molar-refractivity contribution >= 4 is 12.6 Å². The molecule has 0 unspecified atom stereocenters. The van der Waals surface area contributed by atoms with Gasteiger partial charge in [-0.05, 0) is 0 Å². The van der Waals surface area contributed by atoms with Crippen LogP contribution in [-0.2, 0) is 25.2 Å². The van der Waals surface area contributed by atoms with Gasteiger partial charge in [0.25, 0.3) is 0 Å². The van der Waals surface area contributed by atoms with Crippen LogP contribution < -0.4 is 17.0 Å². The van der Waals surface area contributed by atoms with Crippen LogP contribution in [-0.4, -0.2) is 12.6 Å². The third-order valence-electron chi connectivity index (χ3n) is 1.20. The first-order chi connectivity index (χ1) is 4.88. The predicted octanol–water partition coefficient (Wildman–Crippen LogP) is -2.04. The molecule has 1 radical (unpaired) electrons. The molecule has 67 valence electrons. The van der Waals surface area contributed by atoms with Gasteiger partial charge < -0.3 is 17.0 Å². The van der Waals surface area contributed by atoms with Crippen molar-refractivity contribution in [2.45, 2.75) is 0 Å². The van der Waals surface area contributed by atoms with E-state index in [9.17, 15) is 9.59 Å². The minimum Gasteiger partial charge on any atom is -1.00 e. The summed E-state index contributed by atoms with van der Waals surface area (Å²) in [6, 6.07) is 6.52. The van der Waals surface area contributed by atoms with E-state index in [4.69, 9.17) is 0 Å². The van der Waals surface area contributed by atoms with E-state index in [1.807, 2.05) is 0 Å². The van der Waals surface area contributed by atoms with Crippen LogP contribution in [0.4, 0.5) is 0 Å². The van der Waals surface area contributed by atoms with E-state index in [1.165, 1.54) is 0 Å². The average molecular weight is 319 g/mol. The Morgan fingerprint density at radius 2 is 1.83 bits per heavy atom. The maximum absolute atomic E-state index is 10.2. The number of halogens is 1. The standard InChI is InChI=1S/C8H5O2.BrH.Pd/c9-5-7-3-1-2-4-8(7)6-10;;/h1-5H;1H;/p-1. The molecule has 0 amide bonds. The van der Waals surface area contributed by atoms with Gasteiger partial charge in [0.15, 0.2) is 6.29 Å². The molecule has 1 aromatic rings. The minimum absolute atomic E-state index is 0. The Morgan fingerprint density at radius 3 is 2.25 bits per heavy atom. The van der Waals surface area contributed by atoms with Crippen molar-refractivity contribution < 1.29 is 47.0 Å². The van der Waals surface area contributed by atoms with E-state index in [0.29, 0.717) is 17.4 Å². The number of hydrogen-bond acceptors (Lipinski definition) is 2. The van der Waals surface area contributed by atoms with Gasteiger partial charge in [-0.2, -0.15) is 0 Å². The molecule has 1 aromatic carbocycles. The van der Waals surface area contributed by atoms with Gasteiger partial charge in [0.1, 0.15) is 0 Å². The normalized spacial score (nSPS) is 7.33. The number of carbonyl (C=O) groups is 1. The molecule has 1 rings (SSSR count). The summed E-state index contributed by atoms with van der Waals surface area (Å²) in [6.07, 6.45) is 2.30. The molecule has 12 heavy (non-hydrogen) atoms. The summed E-state index contributed by atoms with van der Waals surface area (Å²) in [5.41, 5.74) is 0.704.